The molecule has 0 saturated heterocycles. The number of nitrogens with zero attached hydrogens (tertiary/aromatic N) is 3. The van der Waals surface area contributed by atoms with E-state index < -0.39 is 23.2 Å². The summed E-state index contributed by atoms with van der Waals surface area (Å²) >= 11 is 0. The molecule has 5 nitrogen and oxygen atoms in total. The standard InChI is InChI=1S/C47H38F3N3O2.Pd/c1-29-21-30(2)43(31(3)22-29)32-17-19-51-40(23-32)39-28-41(45(49)46(50)44(39)48)54-37-25-36(53(34-13-9-7-10-14-34)35-15-11-8-12-16-35)26-38(27-37)55-42-24-33(18-20-52-42)47(4,5)6;/h7-26H,1-6H3;/q-2;+2. The maximum absolute atomic E-state index is 15.7. The summed E-state index contributed by atoms with van der Waals surface area (Å²) in [4.78, 5) is 10.7. The van der Waals surface area contributed by atoms with E-state index in [9.17, 15) is 0 Å². The third kappa shape index (κ3) is 8.55. The van der Waals surface area contributed by atoms with E-state index in [1.165, 1.54) is 6.20 Å². The van der Waals surface area contributed by atoms with Crippen molar-refractivity contribution in [2.24, 2.45) is 0 Å². The number of halogens is 3. The zero-order valence-electron chi connectivity index (χ0n) is 31.7. The van der Waals surface area contributed by atoms with Gasteiger partial charge in [-0.3, -0.25) is 8.78 Å². The molecule has 0 radical (unpaired) electrons. The van der Waals surface area contributed by atoms with E-state index in [4.69, 9.17) is 9.47 Å². The molecule has 0 atom stereocenters. The van der Waals surface area contributed by atoms with E-state index in [2.05, 4.69) is 55.0 Å². The van der Waals surface area contributed by atoms with Gasteiger partial charge in [0, 0.05) is 41.3 Å². The van der Waals surface area contributed by atoms with Crippen molar-refractivity contribution in [3.63, 3.8) is 0 Å². The summed E-state index contributed by atoms with van der Waals surface area (Å²) in [5.41, 5.74) is 7.48. The minimum Gasteiger partial charge on any atom is -0.500 e. The van der Waals surface area contributed by atoms with E-state index in [0.29, 0.717) is 11.6 Å². The number of para-hydroxylation sites is 2. The number of aryl methyl sites for hydroxylation is 3. The van der Waals surface area contributed by atoms with Crippen LogP contribution in [0.2, 0.25) is 0 Å². The molecule has 0 unspecified atom stereocenters. The third-order valence-electron chi connectivity index (χ3n) is 9.14. The zero-order valence-corrected chi connectivity index (χ0v) is 33.2. The molecular formula is C47H38F3N3O2Pd. The van der Waals surface area contributed by atoms with Gasteiger partial charge in [-0.2, -0.15) is 0 Å². The SMILES string of the molecule is Cc1cc(C)c(-c2ccnc(-c3[c-]c(Oc4[c-]c(Oc5cc(C(C)(C)C)ccn5)cc(N(c5ccccc5)c5ccccc5)c4)c(F)c(F)c3F)c2)c(C)c1.[Pd+2]. The average Bonchev–Trinajstić information content (AvgIpc) is 3.15. The van der Waals surface area contributed by atoms with Crippen molar-refractivity contribution < 1.29 is 43.1 Å². The van der Waals surface area contributed by atoms with Crippen LogP contribution in [0.25, 0.3) is 22.4 Å². The predicted molar refractivity (Wildman–Crippen MR) is 211 cm³/mol. The first-order valence-electron chi connectivity index (χ1n) is 17.8. The molecule has 7 aromatic rings. The molecule has 0 N–H and O–H groups in total. The van der Waals surface area contributed by atoms with E-state index >= 15 is 13.2 Å². The van der Waals surface area contributed by atoms with Gasteiger partial charge in [0.25, 0.3) is 0 Å². The molecule has 0 aliphatic rings. The van der Waals surface area contributed by atoms with Crippen molar-refractivity contribution in [3.8, 4) is 45.5 Å². The molecule has 284 valence electrons. The van der Waals surface area contributed by atoms with Crippen LogP contribution >= 0.6 is 0 Å². The summed E-state index contributed by atoms with van der Waals surface area (Å²) < 4.78 is 59.0. The smallest absolute Gasteiger partial charge is 0.500 e. The molecule has 9 heteroatoms. The average molecular weight is 840 g/mol. The van der Waals surface area contributed by atoms with E-state index in [1.807, 2.05) is 98.5 Å². The molecule has 0 bridgehead atoms. The minimum atomic E-state index is -1.72. The van der Waals surface area contributed by atoms with Crippen LogP contribution in [0, 0.1) is 50.4 Å². The van der Waals surface area contributed by atoms with Crippen molar-refractivity contribution in [2.75, 3.05) is 4.90 Å². The van der Waals surface area contributed by atoms with E-state index in [-0.39, 0.29) is 48.6 Å². The Morgan fingerprint density at radius 1 is 0.607 bits per heavy atom. The first-order chi connectivity index (χ1) is 26.4. The molecule has 56 heavy (non-hydrogen) atoms. The number of rotatable bonds is 9. The second-order valence-electron chi connectivity index (χ2n) is 14.4. The molecule has 0 aliphatic carbocycles. The minimum absolute atomic E-state index is 0. The summed E-state index contributed by atoms with van der Waals surface area (Å²) in [6.45, 7) is 12.2. The number of aromatic nitrogens is 2. The molecule has 0 saturated carbocycles. The summed E-state index contributed by atoms with van der Waals surface area (Å²) in [6, 6.07) is 39.6. The number of benzene rings is 5. The van der Waals surface area contributed by atoms with Gasteiger partial charge in [0.05, 0.1) is 11.6 Å². The molecular weight excluding hydrogens is 802 g/mol. The third-order valence-corrected chi connectivity index (χ3v) is 9.14. The number of hydrogen-bond acceptors (Lipinski definition) is 5. The van der Waals surface area contributed by atoms with Gasteiger partial charge < -0.3 is 19.4 Å². The summed E-state index contributed by atoms with van der Waals surface area (Å²) in [7, 11) is 0. The topological polar surface area (TPSA) is 47.5 Å². The van der Waals surface area contributed by atoms with Crippen LogP contribution in [0.1, 0.15) is 43.0 Å². The van der Waals surface area contributed by atoms with Crippen LogP contribution in [-0.4, -0.2) is 9.97 Å². The molecule has 5 aromatic carbocycles. The van der Waals surface area contributed by atoms with Crippen molar-refractivity contribution in [1.82, 2.24) is 9.97 Å². The van der Waals surface area contributed by atoms with Crippen LogP contribution in [-0.2, 0) is 25.8 Å². The van der Waals surface area contributed by atoms with Gasteiger partial charge in [-0.1, -0.05) is 104 Å². The Morgan fingerprint density at radius 2 is 1.20 bits per heavy atom. The summed E-state index contributed by atoms with van der Waals surface area (Å²) in [5.74, 6) is -4.94. The summed E-state index contributed by atoms with van der Waals surface area (Å²) in [6.07, 6.45) is 3.17. The van der Waals surface area contributed by atoms with Crippen LogP contribution < -0.4 is 14.4 Å². The van der Waals surface area contributed by atoms with E-state index in [1.54, 1.807) is 30.5 Å². The fourth-order valence-corrected chi connectivity index (χ4v) is 6.63. The molecule has 0 aliphatic heterocycles. The maximum atomic E-state index is 15.7. The number of ether oxygens (including phenoxy) is 2. The first kappa shape index (κ1) is 39.9. The second-order valence-corrected chi connectivity index (χ2v) is 14.4. The fraction of sp³-hybridized carbons (Fsp3) is 0.149. The van der Waals surface area contributed by atoms with Gasteiger partial charge in [-0.15, -0.1) is 12.1 Å². The van der Waals surface area contributed by atoms with Gasteiger partial charge >= 0.3 is 20.4 Å². The molecule has 2 aromatic heterocycles. The normalized spacial score (nSPS) is 11.2. The van der Waals surface area contributed by atoms with Gasteiger partial charge in [-0.05, 0) is 96.1 Å². The Labute approximate surface area is 339 Å². The van der Waals surface area contributed by atoms with E-state index in [0.717, 1.165) is 44.8 Å². The number of pyridine rings is 2. The summed E-state index contributed by atoms with van der Waals surface area (Å²) in [5, 5.41) is 0. The maximum Gasteiger partial charge on any atom is 2.00 e. The Morgan fingerprint density at radius 3 is 1.80 bits per heavy atom. The Hall–Kier alpha value is -5.75. The van der Waals surface area contributed by atoms with Gasteiger partial charge in [0.15, 0.2) is 0 Å². The van der Waals surface area contributed by atoms with Crippen LogP contribution in [0.4, 0.5) is 30.2 Å². The van der Waals surface area contributed by atoms with Gasteiger partial charge in [0.1, 0.15) is 11.6 Å². The number of hydrogen-bond donors (Lipinski definition) is 0. The number of anilines is 3. The molecule has 2 heterocycles. The molecule has 0 spiro atoms. The van der Waals surface area contributed by atoms with Gasteiger partial charge in [-0.25, -0.2) is 9.37 Å². The Kier molecular flexibility index (Phi) is 11.8. The zero-order chi connectivity index (χ0) is 38.9. The van der Waals surface area contributed by atoms with Crippen LogP contribution in [0.15, 0.2) is 122 Å². The van der Waals surface area contributed by atoms with Crippen molar-refractivity contribution >= 4 is 17.1 Å². The molecule has 0 fully saturated rings. The first-order valence-corrected chi connectivity index (χ1v) is 17.8. The molecule has 0 amide bonds. The monoisotopic (exact) mass is 839 g/mol. The Balaban J connectivity index is 0.00000532. The molecule has 7 rings (SSSR count). The Bertz CT molecular complexity index is 2440. The van der Waals surface area contributed by atoms with Gasteiger partial charge in [0.2, 0.25) is 5.88 Å². The van der Waals surface area contributed by atoms with Crippen LogP contribution in [0.3, 0.4) is 0 Å². The second kappa shape index (κ2) is 16.5. The largest absolute Gasteiger partial charge is 2.00 e. The van der Waals surface area contributed by atoms with Crippen molar-refractivity contribution in [2.45, 2.75) is 47.0 Å². The quantitative estimate of drug-likeness (QED) is 0.0823. The van der Waals surface area contributed by atoms with Crippen molar-refractivity contribution in [3.05, 3.63) is 173 Å². The van der Waals surface area contributed by atoms with Crippen molar-refractivity contribution in [1.29, 1.82) is 0 Å². The van der Waals surface area contributed by atoms with Crippen LogP contribution in [0.5, 0.6) is 23.1 Å². The fourth-order valence-electron chi connectivity index (χ4n) is 6.63. The predicted octanol–water partition coefficient (Wildman–Crippen LogP) is 13.1.